The van der Waals surface area contributed by atoms with E-state index in [1.165, 1.54) is 17.2 Å². The van der Waals surface area contributed by atoms with Gasteiger partial charge >= 0.3 is 5.97 Å². The fraction of sp³-hybridized carbons (Fsp3) is 0.200. The van der Waals surface area contributed by atoms with Crippen molar-refractivity contribution in [3.8, 4) is 5.75 Å². The molecule has 0 radical (unpaired) electrons. The number of carboxylic acid groups (broad SMARTS) is 1. The van der Waals surface area contributed by atoms with Gasteiger partial charge in [0.25, 0.3) is 0 Å². The van der Waals surface area contributed by atoms with E-state index < -0.39 is 5.97 Å². The number of carbonyl (C=O) groups is 1. The molecule has 7 nitrogen and oxygen atoms in total. The third kappa shape index (κ3) is 3.29. The van der Waals surface area contributed by atoms with Gasteiger partial charge in [-0.1, -0.05) is 0 Å². The Balaban J connectivity index is 2.11. The zero-order chi connectivity index (χ0) is 13.8. The van der Waals surface area contributed by atoms with Gasteiger partial charge < -0.3 is 9.84 Å². The van der Waals surface area contributed by atoms with Crippen molar-refractivity contribution >= 4 is 37.8 Å². The second kappa shape index (κ2) is 6.11. The minimum absolute atomic E-state index is 0.136. The summed E-state index contributed by atoms with van der Waals surface area (Å²) in [6.45, 7) is 0.701. The SMILES string of the molecule is O=C(O)c1ccc(Br)c(OCCn2ncnn2)c1Br. The van der Waals surface area contributed by atoms with Crippen LogP contribution in [0.5, 0.6) is 5.75 Å². The van der Waals surface area contributed by atoms with Crippen LogP contribution in [0.15, 0.2) is 27.4 Å². The highest BCUT2D eigenvalue weighted by Gasteiger charge is 2.16. The molecule has 0 spiro atoms. The number of aromatic carboxylic acids is 1. The first-order chi connectivity index (χ1) is 9.09. The first-order valence-corrected chi connectivity index (χ1v) is 6.73. The second-order valence-electron chi connectivity index (χ2n) is 3.42. The van der Waals surface area contributed by atoms with Gasteiger partial charge in [0.05, 0.1) is 21.1 Å². The molecule has 1 aromatic carbocycles. The van der Waals surface area contributed by atoms with Crippen LogP contribution in [0.2, 0.25) is 0 Å². The maximum atomic E-state index is 11.0. The van der Waals surface area contributed by atoms with Crippen molar-refractivity contribution in [3.05, 3.63) is 33.0 Å². The van der Waals surface area contributed by atoms with Crippen molar-refractivity contribution in [2.24, 2.45) is 0 Å². The van der Waals surface area contributed by atoms with Crippen LogP contribution in [0.25, 0.3) is 0 Å². The molecule has 2 rings (SSSR count). The molecular formula is C10H8Br2N4O3. The molecule has 19 heavy (non-hydrogen) atoms. The van der Waals surface area contributed by atoms with E-state index in [-0.39, 0.29) is 12.2 Å². The molecule has 0 saturated carbocycles. The molecule has 0 bridgehead atoms. The number of nitrogens with zero attached hydrogens (tertiary/aromatic N) is 4. The Labute approximate surface area is 124 Å². The van der Waals surface area contributed by atoms with Crippen LogP contribution in [0, 0.1) is 0 Å². The molecule has 2 aromatic rings. The fourth-order valence-corrected chi connectivity index (χ4v) is 2.69. The number of ether oxygens (including phenoxy) is 1. The first kappa shape index (κ1) is 13.9. The predicted molar refractivity (Wildman–Crippen MR) is 72.1 cm³/mol. The molecule has 0 aliphatic heterocycles. The van der Waals surface area contributed by atoms with E-state index in [0.29, 0.717) is 21.2 Å². The molecule has 1 N–H and O–H groups in total. The molecule has 1 aromatic heterocycles. The molecule has 0 amide bonds. The average Bonchev–Trinajstić information content (AvgIpc) is 2.86. The third-order valence-electron chi connectivity index (χ3n) is 2.21. The van der Waals surface area contributed by atoms with Gasteiger partial charge in [-0.25, -0.2) is 4.79 Å². The minimum Gasteiger partial charge on any atom is -0.489 e. The van der Waals surface area contributed by atoms with Crippen LogP contribution in [-0.4, -0.2) is 37.9 Å². The summed E-state index contributed by atoms with van der Waals surface area (Å²) in [6.07, 6.45) is 1.33. The van der Waals surface area contributed by atoms with Gasteiger partial charge in [0.2, 0.25) is 0 Å². The highest BCUT2D eigenvalue weighted by Crippen LogP contribution is 2.36. The minimum atomic E-state index is -1.03. The number of hydrogen-bond acceptors (Lipinski definition) is 5. The Bertz CT molecular complexity index is 589. The number of rotatable bonds is 5. The van der Waals surface area contributed by atoms with Crippen LogP contribution >= 0.6 is 31.9 Å². The van der Waals surface area contributed by atoms with E-state index in [2.05, 4.69) is 47.3 Å². The Hall–Kier alpha value is -1.48. The lowest BCUT2D eigenvalue weighted by Crippen LogP contribution is -2.12. The molecule has 0 unspecified atom stereocenters. The second-order valence-corrected chi connectivity index (χ2v) is 5.07. The summed E-state index contributed by atoms with van der Waals surface area (Å²) in [6, 6.07) is 3.11. The van der Waals surface area contributed by atoms with Gasteiger partial charge in [0.1, 0.15) is 12.4 Å². The van der Waals surface area contributed by atoms with Gasteiger partial charge in [-0.05, 0) is 49.2 Å². The van der Waals surface area contributed by atoms with Crippen molar-refractivity contribution in [1.82, 2.24) is 20.2 Å². The van der Waals surface area contributed by atoms with Gasteiger partial charge in [-0.2, -0.15) is 4.80 Å². The standard InChI is InChI=1S/C10H8Br2N4O3/c11-7-2-1-6(10(17)18)8(12)9(7)19-4-3-16-14-5-13-15-16/h1-2,5H,3-4H2,(H,17,18). The summed E-state index contributed by atoms with van der Waals surface area (Å²) in [5.41, 5.74) is 0.136. The van der Waals surface area contributed by atoms with Crippen molar-refractivity contribution in [3.63, 3.8) is 0 Å². The van der Waals surface area contributed by atoms with E-state index in [0.717, 1.165) is 0 Å². The lowest BCUT2D eigenvalue weighted by atomic mass is 10.2. The predicted octanol–water partition coefficient (Wildman–Crippen LogP) is 1.98. The van der Waals surface area contributed by atoms with Gasteiger partial charge in [0, 0.05) is 0 Å². The molecule has 0 fully saturated rings. The zero-order valence-corrected chi connectivity index (χ0v) is 12.6. The monoisotopic (exact) mass is 390 g/mol. The smallest absolute Gasteiger partial charge is 0.336 e. The first-order valence-electron chi connectivity index (χ1n) is 5.14. The van der Waals surface area contributed by atoms with Crippen molar-refractivity contribution < 1.29 is 14.6 Å². The Kier molecular flexibility index (Phi) is 4.48. The number of carboxylic acids is 1. The maximum Gasteiger partial charge on any atom is 0.336 e. The highest BCUT2D eigenvalue weighted by molar-refractivity contribution is 9.11. The number of halogens is 2. The molecule has 0 aliphatic carbocycles. The number of hydrogen-bond donors (Lipinski definition) is 1. The van der Waals surface area contributed by atoms with E-state index >= 15 is 0 Å². The van der Waals surface area contributed by atoms with Gasteiger partial charge in [-0.3, -0.25) is 0 Å². The van der Waals surface area contributed by atoms with Crippen molar-refractivity contribution in [2.45, 2.75) is 6.54 Å². The molecule has 0 saturated heterocycles. The summed E-state index contributed by atoms with van der Waals surface area (Å²) < 4.78 is 6.60. The van der Waals surface area contributed by atoms with Crippen LogP contribution < -0.4 is 4.74 Å². The normalized spacial score (nSPS) is 10.4. The molecule has 100 valence electrons. The van der Waals surface area contributed by atoms with E-state index in [4.69, 9.17) is 9.84 Å². The van der Waals surface area contributed by atoms with Crippen molar-refractivity contribution in [1.29, 1.82) is 0 Å². The van der Waals surface area contributed by atoms with E-state index in [1.807, 2.05) is 0 Å². The Morgan fingerprint density at radius 3 is 2.84 bits per heavy atom. The summed E-state index contributed by atoms with van der Waals surface area (Å²) in [5.74, 6) is -0.595. The Morgan fingerprint density at radius 1 is 1.42 bits per heavy atom. The fourth-order valence-electron chi connectivity index (χ4n) is 1.35. The molecule has 0 atom stereocenters. The Morgan fingerprint density at radius 2 is 2.21 bits per heavy atom. The van der Waals surface area contributed by atoms with Crippen molar-refractivity contribution in [2.75, 3.05) is 6.61 Å². The zero-order valence-electron chi connectivity index (χ0n) is 9.45. The lowest BCUT2D eigenvalue weighted by molar-refractivity contribution is 0.0695. The maximum absolute atomic E-state index is 11.0. The lowest BCUT2D eigenvalue weighted by Gasteiger charge is -2.11. The van der Waals surface area contributed by atoms with Crippen LogP contribution in [0.1, 0.15) is 10.4 Å². The molecule has 0 aliphatic rings. The van der Waals surface area contributed by atoms with Gasteiger partial charge in [-0.15, -0.1) is 10.2 Å². The number of tetrazole rings is 1. The van der Waals surface area contributed by atoms with E-state index in [1.54, 1.807) is 6.07 Å². The topological polar surface area (TPSA) is 90.1 Å². The molecule has 9 heteroatoms. The quantitative estimate of drug-likeness (QED) is 0.837. The van der Waals surface area contributed by atoms with E-state index in [9.17, 15) is 4.79 Å². The number of benzene rings is 1. The highest BCUT2D eigenvalue weighted by atomic mass is 79.9. The summed E-state index contributed by atoms with van der Waals surface area (Å²) in [4.78, 5) is 12.4. The summed E-state index contributed by atoms with van der Waals surface area (Å²) >= 11 is 6.54. The average molecular weight is 392 g/mol. The summed E-state index contributed by atoms with van der Waals surface area (Å²) in [5, 5.41) is 20.1. The van der Waals surface area contributed by atoms with Crippen LogP contribution in [-0.2, 0) is 6.54 Å². The summed E-state index contributed by atoms with van der Waals surface area (Å²) in [7, 11) is 0. The van der Waals surface area contributed by atoms with Crippen LogP contribution in [0.4, 0.5) is 0 Å². The molecular weight excluding hydrogens is 384 g/mol. The number of aromatic nitrogens is 4. The largest absolute Gasteiger partial charge is 0.489 e. The third-order valence-corrected chi connectivity index (χ3v) is 3.62. The molecule has 1 heterocycles. The van der Waals surface area contributed by atoms with Gasteiger partial charge in [0.15, 0.2) is 6.33 Å². The van der Waals surface area contributed by atoms with Crippen LogP contribution in [0.3, 0.4) is 0 Å².